The third-order valence-electron chi connectivity index (χ3n) is 5.55. The highest BCUT2D eigenvalue weighted by Gasteiger charge is 2.15. The predicted molar refractivity (Wildman–Crippen MR) is 152 cm³/mol. The molecule has 0 bridgehead atoms. The van der Waals surface area contributed by atoms with E-state index in [0.717, 1.165) is 21.6 Å². The third-order valence-corrected chi connectivity index (χ3v) is 6.54. The number of benzene rings is 4. The molecule has 0 aromatic heterocycles. The Morgan fingerprint density at radius 1 is 0.763 bits per heavy atom. The highest BCUT2D eigenvalue weighted by atomic mass is 32.2. The fourth-order valence-corrected chi connectivity index (χ4v) is 4.28. The van der Waals surface area contributed by atoms with Crippen molar-refractivity contribution < 1.29 is 19.1 Å². The zero-order valence-electron chi connectivity index (χ0n) is 20.7. The van der Waals surface area contributed by atoms with Crippen LogP contribution in [0.25, 0.3) is 17.2 Å². The van der Waals surface area contributed by atoms with Crippen LogP contribution in [-0.2, 0) is 14.3 Å². The van der Waals surface area contributed by atoms with Crippen LogP contribution in [0.2, 0.25) is 0 Å². The van der Waals surface area contributed by atoms with Crippen molar-refractivity contribution in [2.75, 3.05) is 18.2 Å². The van der Waals surface area contributed by atoms with Crippen molar-refractivity contribution in [2.45, 2.75) is 4.90 Å². The molecule has 4 rings (SSSR count). The Hall–Kier alpha value is -4.62. The highest BCUT2D eigenvalue weighted by Crippen LogP contribution is 2.22. The monoisotopic (exact) mass is 522 g/mol. The minimum atomic E-state index is -0.462. The zero-order chi connectivity index (χ0) is 26.7. The van der Waals surface area contributed by atoms with Crippen molar-refractivity contribution in [3.05, 3.63) is 126 Å². The molecule has 0 saturated carbocycles. The Balaban J connectivity index is 1.53. The fraction of sp³-hybridized carbons (Fsp3) is 0.0645. The molecule has 0 aliphatic carbocycles. The number of carbonyl (C=O) groups is 3. The number of ether oxygens (including phenoxy) is 1. The van der Waals surface area contributed by atoms with Gasteiger partial charge >= 0.3 is 5.97 Å². The second-order valence-corrected chi connectivity index (χ2v) is 9.26. The molecule has 190 valence electrons. The molecule has 0 unspecified atom stereocenters. The topological polar surface area (TPSA) is 84.5 Å². The van der Waals surface area contributed by atoms with Crippen LogP contribution >= 0.6 is 11.8 Å². The summed E-state index contributed by atoms with van der Waals surface area (Å²) in [7, 11) is 1.35. The normalized spacial score (nSPS) is 10.9. The Kier molecular flexibility index (Phi) is 9.10. The van der Waals surface area contributed by atoms with E-state index in [1.165, 1.54) is 18.9 Å². The smallest absolute Gasteiger partial charge is 0.315 e. The lowest BCUT2D eigenvalue weighted by molar-refractivity contribution is -0.137. The van der Waals surface area contributed by atoms with Gasteiger partial charge in [0.25, 0.3) is 11.8 Å². The largest absolute Gasteiger partial charge is 0.468 e. The van der Waals surface area contributed by atoms with Crippen molar-refractivity contribution >= 4 is 41.3 Å². The number of anilines is 1. The van der Waals surface area contributed by atoms with Crippen molar-refractivity contribution in [3.63, 3.8) is 0 Å². The van der Waals surface area contributed by atoms with Gasteiger partial charge in [0.1, 0.15) is 5.70 Å². The van der Waals surface area contributed by atoms with E-state index < -0.39 is 5.91 Å². The van der Waals surface area contributed by atoms with Gasteiger partial charge in [-0.1, -0.05) is 72.8 Å². The molecule has 0 saturated heterocycles. The van der Waals surface area contributed by atoms with Crippen LogP contribution < -0.4 is 10.6 Å². The lowest BCUT2D eigenvalue weighted by atomic mass is 10.0. The molecule has 4 aromatic carbocycles. The number of thioether (sulfide) groups is 1. The molecular formula is C31H26N2O4S. The summed E-state index contributed by atoms with van der Waals surface area (Å²) in [6.45, 7) is 0. The maximum absolute atomic E-state index is 13.3. The van der Waals surface area contributed by atoms with Crippen LogP contribution in [0.5, 0.6) is 0 Å². The van der Waals surface area contributed by atoms with Crippen LogP contribution in [0, 0.1) is 0 Å². The van der Waals surface area contributed by atoms with Gasteiger partial charge < -0.3 is 15.4 Å². The summed E-state index contributed by atoms with van der Waals surface area (Å²) < 4.78 is 4.66. The van der Waals surface area contributed by atoms with Crippen LogP contribution in [-0.4, -0.2) is 30.6 Å². The van der Waals surface area contributed by atoms with Crippen molar-refractivity contribution in [3.8, 4) is 11.1 Å². The van der Waals surface area contributed by atoms with Crippen molar-refractivity contribution in [1.82, 2.24) is 5.32 Å². The van der Waals surface area contributed by atoms with Gasteiger partial charge in [0, 0.05) is 16.1 Å². The molecule has 4 aromatic rings. The molecule has 2 N–H and O–H groups in total. The fourth-order valence-electron chi connectivity index (χ4n) is 3.55. The van der Waals surface area contributed by atoms with Gasteiger partial charge in [-0.3, -0.25) is 14.4 Å². The van der Waals surface area contributed by atoms with E-state index in [4.69, 9.17) is 0 Å². The van der Waals surface area contributed by atoms with E-state index in [1.54, 1.807) is 54.6 Å². The molecule has 6 nitrogen and oxygen atoms in total. The molecule has 0 atom stereocenters. The van der Waals surface area contributed by atoms with E-state index in [0.29, 0.717) is 11.3 Å². The number of hydrogen-bond donors (Lipinski definition) is 2. The molecule has 0 heterocycles. The summed E-state index contributed by atoms with van der Waals surface area (Å²) in [5, 5.41) is 5.59. The van der Waals surface area contributed by atoms with E-state index in [9.17, 15) is 14.4 Å². The predicted octanol–water partition coefficient (Wildman–Crippen LogP) is 6.03. The highest BCUT2D eigenvalue weighted by molar-refractivity contribution is 8.00. The van der Waals surface area contributed by atoms with E-state index in [-0.39, 0.29) is 23.3 Å². The third kappa shape index (κ3) is 7.44. The minimum Gasteiger partial charge on any atom is -0.468 e. The summed E-state index contributed by atoms with van der Waals surface area (Å²) in [4.78, 5) is 38.3. The van der Waals surface area contributed by atoms with Gasteiger partial charge in [0.2, 0.25) is 0 Å². The SMILES string of the molecule is COC(=O)CSc1ccc(NC(=O)/C(=C/c2ccc(-c3ccccc3)cc2)NC(=O)c2ccccc2)cc1. The quantitative estimate of drug-likeness (QED) is 0.159. The summed E-state index contributed by atoms with van der Waals surface area (Å²) in [6, 6.07) is 33.5. The number of esters is 1. The molecular weight excluding hydrogens is 496 g/mol. The van der Waals surface area contributed by atoms with Gasteiger partial charge in [-0.15, -0.1) is 11.8 Å². The summed E-state index contributed by atoms with van der Waals surface area (Å²) in [5.41, 5.74) is 4.00. The van der Waals surface area contributed by atoms with Crippen LogP contribution in [0.15, 0.2) is 120 Å². The lowest BCUT2D eigenvalue weighted by Gasteiger charge is -2.12. The number of methoxy groups -OCH3 is 1. The molecule has 0 aliphatic rings. The summed E-state index contributed by atoms with van der Waals surface area (Å²) in [5.74, 6) is -0.962. The first-order valence-corrected chi connectivity index (χ1v) is 12.8. The second kappa shape index (κ2) is 13.1. The molecule has 0 spiro atoms. The van der Waals surface area contributed by atoms with Gasteiger partial charge in [0.05, 0.1) is 12.9 Å². The van der Waals surface area contributed by atoms with Crippen molar-refractivity contribution in [1.29, 1.82) is 0 Å². The van der Waals surface area contributed by atoms with E-state index in [1.807, 2.05) is 60.7 Å². The van der Waals surface area contributed by atoms with Crippen molar-refractivity contribution in [2.24, 2.45) is 0 Å². The average Bonchev–Trinajstić information content (AvgIpc) is 2.97. The van der Waals surface area contributed by atoms with E-state index in [2.05, 4.69) is 15.4 Å². The Morgan fingerprint density at radius 3 is 2.00 bits per heavy atom. The van der Waals surface area contributed by atoms with Gasteiger partial charge in [-0.05, 0) is 59.2 Å². The molecule has 2 amide bonds. The first kappa shape index (κ1) is 26.4. The average molecular weight is 523 g/mol. The first-order valence-electron chi connectivity index (χ1n) is 11.9. The lowest BCUT2D eigenvalue weighted by Crippen LogP contribution is -2.30. The summed E-state index contributed by atoms with van der Waals surface area (Å²) in [6.07, 6.45) is 1.64. The minimum absolute atomic E-state index is 0.107. The number of carbonyl (C=O) groups excluding carboxylic acids is 3. The molecule has 38 heavy (non-hydrogen) atoms. The number of nitrogens with one attached hydrogen (secondary N) is 2. The Morgan fingerprint density at radius 2 is 1.37 bits per heavy atom. The number of hydrogen-bond acceptors (Lipinski definition) is 5. The number of rotatable bonds is 9. The zero-order valence-corrected chi connectivity index (χ0v) is 21.5. The molecule has 0 fully saturated rings. The molecule has 7 heteroatoms. The standard InChI is InChI=1S/C31H26N2O4S/c1-37-29(34)21-38-27-18-16-26(17-19-27)32-31(36)28(33-30(35)25-10-6-3-7-11-25)20-22-12-14-24(15-13-22)23-8-4-2-5-9-23/h2-20H,21H2,1H3,(H,32,36)(H,33,35)/b28-20-. The van der Waals surface area contributed by atoms with E-state index >= 15 is 0 Å². The van der Waals surface area contributed by atoms with Crippen LogP contribution in [0.3, 0.4) is 0 Å². The maximum Gasteiger partial charge on any atom is 0.315 e. The van der Waals surface area contributed by atoms with Crippen LogP contribution in [0.1, 0.15) is 15.9 Å². The molecule has 0 aliphatic heterocycles. The number of amides is 2. The van der Waals surface area contributed by atoms with Gasteiger partial charge in [0.15, 0.2) is 0 Å². The van der Waals surface area contributed by atoms with Gasteiger partial charge in [-0.2, -0.15) is 0 Å². The first-order chi connectivity index (χ1) is 18.5. The van der Waals surface area contributed by atoms with Crippen LogP contribution in [0.4, 0.5) is 5.69 Å². The second-order valence-electron chi connectivity index (χ2n) is 8.21. The maximum atomic E-state index is 13.3. The van der Waals surface area contributed by atoms with Gasteiger partial charge in [-0.25, -0.2) is 0 Å². The Labute approximate surface area is 225 Å². The Bertz CT molecular complexity index is 1420. The summed E-state index contributed by atoms with van der Waals surface area (Å²) >= 11 is 1.34. The molecule has 0 radical (unpaired) electrons.